The van der Waals surface area contributed by atoms with E-state index in [-0.39, 0.29) is 30.1 Å². The van der Waals surface area contributed by atoms with E-state index in [1.165, 1.54) is 31.7 Å². The van der Waals surface area contributed by atoms with Crippen LogP contribution in [0.3, 0.4) is 0 Å². The van der Waals surface area contributed by atoms with Crippen LogP contribution in [0.1, 0.15) is 51.4 Å². The molecule has 9 heteroatoms. The lowest BCUT2D eigenvalue weighted by Crippen LogP contribution is -2.52. The molecule has 186 valence electrons. The largest absolute Gasteiger partial charge is 0.371 e. The van der Waals surface area contributed by atoms with Gasteiger partial charge in [-0.05, 0) is 69.4 Å². The van der Waals surface area contributed by atoms with Crippen molar-refractivity contribution in [1.29, 1.82) is 0 Å². The summed E-state index contributed by atoms with van der Waals surface area (Å²) >= 11 is 0. The van der Waals surface area contributed by atoms with E-state index in [0.717, 1.165) is 38.5 Å². The molecule has 7 nitrogen and oxygen atoms in total. The lowest BCUT2D eigenvalue weighted by Gasteiger charge is -2.51. The summed E-state index contributed by atoms with van der Waals surface area (Å²) in [6.45, 7) is 4.78. The highest BCUT2D eigenvalue weighted by Gasteiger charge is 2.44. The van der Waals surface area contributed by atoms with Crippen molar-refractivity contribution in [2.24, 2.45) is 17.1 Å². The van der Waals surface area contributed by atoms with Gasteiger partial charge < -0.3 is 20.9 Å². The molecule has 0 radical (unpaired) electrons. The number of nitrogens with two attached hydrogens (primary N) is 1. The number of benzene rings is 1. The maximum Gasteiger partial charge on any atom is 0.249 e. The van der Waals surface area contributed by atoms with Gasteiger partial charge in [0.05, 0.1) is 11.4 Å². The van der Waals surface area contributed by atoms with Crippen molar-refractivity contribution in [3.05, 3.63) is 23.8 Å². The van der Waals surface area contributed by atoms with Gasteiger partial charge in [-0.2, -0.15) is 0 Å². The Morgan fingerprint density at radius 2 is 1.74 bits per heavy atom. The van der Waals surface area contributed by atoms with E-state index in [9.17, 15) is 18.4 Å². The fourth-order valence-electron chi connectivity index (χ4n) is 6.30. The summed E-state index contributed by atoms with van der Waals surface area (Å²) in [7, 11) is 0. The van der Waals surface area contributed by atoms with Crippen molar-refractivity contribution >= 4 is 23.2 Å². The Bertz CT molecular complexity index is 933. The second kappa shape index (κ2) is 9.41. The molecule has 1 aromatic rings. The van der Waals surface area contributed by atoms with Crippen molar-refractivity contribution in [3.63, 3.8) is 0 Å². The number of imide groups is 1. The summed E-state index contributed by atoms with van der Waals surface area (Å²) in [6, 6.07) is 2.00. The molecule has 4 aliphatic rings. The predicted molar refractivity (Wildman–Crippen MR) is 126 cm³/mol. The van der Waals surface area contributed by atoms with Crippen molar-refractivity contribution in [1.82, 2.24) is 10.2 Å². The van der Waals surface area contributed by atoms with Crippen molar-refractivity contribution in [2.45, 2.75) is 63.5 Å². The second-order valence-corrected chi connectivity index (χ2v) is 10.8. The highest BCUT2D eigenvalue weighted by Crippen LogP contribution is 2.48. The predicted octanol–water partition coefficient (Wildman–Crippen LogP) is 2.60. The van der Waals surface area contributed by atoms with Crippen LogP contribution >= 0.6 is 0 Å². The molecule has 3 heterocycles. The van der Waals surface area contributed by atoms with Crippen LogP contribution < -0.4 is 21.3 Å². The Morgan fingerprint density at radius 3 is 2.38 bits per heavy atom. The number of nitrogens with one attached hydrogen (secondary N) is 2. The highest BCUT2D eigenvalue weighted by molar-refractivity contribution is 6.01. The zero-order valence-corrected chi connectivity index (χ0v) is 19.6. The van der Waals surface area contributed by atoms with Gasteiger partial charge in [-0.15, -0.1) is 0 Å². The van der Waals surface area contributed by atoms with Crippen molar-refractivity contribution in [3.8, 4) is 0 Å². The number of halogens is 2. The third-order valence-electron chi connectivity index (χ3n) is 8.38. The molecule has 3 saturated heterocycles. The van der Waals surface area contributed by atoms with E-state index < -0.39 is 23.6 Å². The van der Waals surface area contributed by atoms with Gasteiger partial charge in [-0.25, -0.2) is 8.78 Å². The van der Waals surface area contributed by atoms with E-state index >= 15 is 0 Å². The number of likely N-dealkylation sites (tertiary alicyclic amines) is 1. The van der Waals surface area contributed by atoms with Crippen LogP contribution in [0, 0.1) is 23.0 Å². The van der Waals surface area contributed by atoms with E-state index in [1.807, 2.05) is 4.90 Å². The van der Waals surface area contributed by atoms with Crippen molar-refractivity contribution < 1.29 is 18.4 Å². The molecule has 3 aliphatic heterocycles. The van der Waals surface area contributed by atoms with Crippen LogP contribution in [0.25, 0.3) is 0 Å². The molecule has 0 aromatic heterocycles. The molecule has 4 fully saturated rings. The highest BCUT2D eigenvalue weighted by atomic mass is 19.1. The van der Waals surface area contributed by atoms with Gasteiger partial charge in [0.2, 0.25) is 11.8 Å². The Morgan fingerprint density at radius 1 is 1.03 bits per heavy atom. The normalized spacial score (nSPS) is 26.4. The van der Waals surface area contributed by atoms with E-state index in [4.69, 9.17) is 5.73 Å². The van der Waals surface area contributed by atoms with E-state index in [0.29, 0.717) is 30.5 Å². The topological polar surface area (TPSA) is 90.7 Å². The Balaban J connectivity index is 1.12. The minimum Gasteiger partial charge on any atom is -0.371 e. The summed E-state index contributed by atoms with van der Waals surface area (Å²) in [5.41, 5.74) is 6.74. The summed E-state index contributed by atoms with van der Waals surface area (Å²) < 4.78 is 29.7. The minimum absolute atomic E-state index is 0.0547. The maximum atomic E-state index is 14.9. The zero-order valence-electron chi connectivity index (χ0n) is 19.6. The number of carbonyl (C=O) groups excluding carboxylic acids is 2. The molecule has 4 N–H and O–H groups in total. The Labute approximate surface area is 199 Å². The van der Waals surface area contributed by atoms with Gasteiger partial charge in [0, 0.05) is 44.2 Å². The third-order valence-corrected chi connectivity index (χ3v) is 8.38. The van der Waals surface area contributed by atoms with E-state index in [2.05, 4.69) is 15.5 Å². The van der Waals surface area contributed by atoms with Gasteiger partial charge in [0.25, 0.3) is 0 Å². The number of hydrogen-bond donors (Lipinski definition) is 3. The Hall–Kier alpha value is -2.26. The number of amides is 2. The standard InChI is InChI=1S/C25H35F2N5O2/c26-18-12-22(19(27)11-21(18)29-20-1-2-23(33)30-24(20)34)32-7-3-16(4-8-32)15-31-9-5-25(6-10-31)13-17(28)14-25/h11-12,16-17,20,29H,1-10,13-15,28H2,(H,30,33,34). The summed E-state index contributed by atoms with van der Waals surface area (Å²) in [5.74, 6) is -1.38. The number of rotatable bonds is 5. The monoisotopic (exact) mass is 475 g/mol. The molecule has 1 unspecified atom stereocenters. The average Bonchev–Trinajstić information content (AvgIpc) is 2.79. The number of piperidine rings is 3. The first-order valence-electron chi connectivity index (χ1n) is 12.6. The van der Waals surface area contributed by atoms with Crippen LogP contribution in [0.15, 0.2) is 12.1 Å². The van der Waals surface area contributed by atoms with Crippen molar-refractivity contribution in [2.75, 3.05) is 42.9 Å². The first-order chi connectivity index (χ1) is 16.3. The Kier molecular flexibility index (Phi) is 6.50. The molecule has 1 saturated carbocycles. The SMILES string of the molecule is NC1CC2(CCN(CC3CCN(c4cc(F)c(NC5CCC(=O)NC5=O)cc4F)CC3)CC2)C1. The lowest BCUT2D eigenvalue weighted by molar-refractivity contribution is -0.133. The third kappa shape index (κ3) is 4.91. The fraction of sp³-hybridized carbons (Fsp3) is 0.680. The van der Waals surface area contributed by atoms with Gasteiger partial charge >= 0.3 is 0 Å². The van der Waals surface area contributed by atoms with Crippen LogP contribution in [0.4, 0.5) is 20.2 Å². The van der Waals surface area contributed by atoms with Crippen LogP contribution in [0.5, 0.6) is 0 Å². The number of anilines is 2. The summed E-state index contributed by atoms with van der Waals surface area (Å²) in [5, 5.41) is 4.97. The number of carbonyl (C=O) groups is 2. The molecule has 34 heavy (non-hydrogen) atoms. The second-order valence-electron chi connectivity index (χ2n) is 10.8. The summed E-state index contributed by atoms with van der Waals surface area (Å²) in [6.07, 6.45) is 7.23. The molecule has 1 aromatic carbocycles. The summed E-state index contributed by atoms with van der Waals surface area (Å²) in [4.78, 5) is 27.7. The zero-order chi connectivity index (χ0) is 23.9. The molecule has 2 amide bonds. The van der Waals surface area contributed by atoms with Gasteiger partial charge in [-0.1, -0.05) is 0 Å². The molecular formula is C25H35F2N5O2. The van der Waals surface area contributed by atoms with Gasteiger partial charge in [0.1, 0.15) is 17.7 Å². The van der Waals surface area contributed by atoms with Gasteiger partial charge in [-0.3, -0.25) is 14.9 Å². The van der Waals surface area contributed by atoms with Crippen LogP contribution in [-0.4, -0.2) is 61.5 Å². The number of nitrogens with zero attached hydrogens (tertiary/aromatic N) is 2. The first kappa shape index (κ1) is 23.5. The molecular weight excluding hydrogens is 440 g/mol. The van der Waals surface area contributed by atoms with Crippen LogP contribution in [-0.2, 0) is 9.59 Å². The molecule has 1 aliphatic carbocycles. The maximum absolute atomic E-state index is 14.9. The average molecular weight is 476 g/mol. The van der Waals surface area contributed by atoms with Crippen LogP contribution in [0.2, 0.25) is 0 Å². The fourth-order valence-corrected chi connectivity index (χ4v) is 6.30. The molecule has 0 bridgehead atoms. The smallest absolute Gasteiger partial charge is 0.249 e. The lowest BCUT2D eigenvalue weighted by atomic mass is 9.60. The minimum atomic E-state index is -0.751. The molecule has 1 spiro atoms. The first-order valence-corrected chi connectivity index (χ1v) is 12.6. The molecule has 5 rings (SSSR count). The van der Waals surface area contributed by atoms with E-state index in [1.54, 1.807) is 0 Å². The quantitative estimate of drug-likeness (QED) is 0.568. The van der Waals surface area contributed by atoms with Gasteiger partial charge in [0.15, 0.2) is 0 Å². The number of hydrogen-bond acceptors (Lipinski definition) is 6. The molecule has 1 atom stereocenters.